The first-order chi connectivity index (χ1) is 14.0. The molecule has 0 bridgehead atoms. The molecule has 0 spiro atoms. The Morgan fingerprint density at radius 3 is 2.69 bits per heavy atom. The number of fused-ring (bicyclic) bond motifs is 3. The molecule has 2 aromatic carbocycles. The highest BCUT2D eigenvalue weighted by Gasteiger charge is 2.17. The lowest BCUT2D eigenvalue weighted by atomic mass is 10.0. The minimum atomic E-state index is -0.496. The maximum absolute atomic E-state index is 11.6. The molecule has 2 heterocycles. The van der Waals surface area contributed by atoms with Crippen molar-refractivity contribution in [3.05, 3.63) is 59.8 Å². The van der Waals surface area contributed by atoms with Crippen LogP contribution in [-0.2, 0) is 4.74 Å². The lowest BCUT2D eigenvalue weighted by Crippen LogP contribution is -2.10. The zero-order valence-corrected chi connectivity index (χ0v) is 17.0. The van der Waals surface area contributed by atoms with E-state index < -0.39 is 6.09 Å². The third-order valence-electron chi connectivity index (χ3n) is 5.02. The number of nitrogens with one attached hydrogen (secondary N) is 2. The molecule has 0 atom stereocenters. The van der Waals surface area contributed by atoms with Gasteiger partial charge < -0.3 is 10.1 Å². The summed E-state index contributed by atoms with van der Waals surface area (Å²) in [6, 6.07) is 14.2. The van der Waals surface area contributed by atoms with E-state index in [1.165, 1.54) is 18.2 Å². The van der Waals surface area contributed by atoms with Gasteiger partial charge in [0.15, 0.2) is 0 Å². The molecular formula is C23H24N4O2. The predicted octanol–water partition coefficient (Wildman–Crippen LogP) is 5.38. The standard InChI is InChI=1S/C23H24N4O2/c1-5-24-22-20(18-9-6-14(2)12-15(18)3)26-21-19-13-17(25-23(28)29-4)8-7-16(19)10-11-27(21)22/h6-13,24H,5H2,1-4H3,(H,25,28). The average Bonchev–Trinajstić information content (AvgIpc) is 3.07. The molecule has 0 unspecified atom stereocenters. The molecule has 6 heteroatoms. The van der Waals surface area contributed by atoms with Crippen LogP contribution in [0.15, 0.2) is 48.7 Å². The fourth-order valence-corrected chi connectivity index (χ4v) is 3.67. The number of ether oxygens (including phenoxy) is 1. The predicted molar refractivity (Wildman–Crippen MR) is 118 cm³/mol. The second kappa shape index (κ2) is 7.47. The highest BCUT2D eigenvalue weighted by molar-refractivity contribution is 6.00. The number of carbonyl (C=O) groups is 1. The minimum absolute atomic E-state index is 0.496. The van der Waals surface area contributed by atoms with Crippen LogP contribution in [0.25, 0.3) is 27.7 Å². The van der Waals surface area contributed by atoms with Crippen LogP contribution in [0, 0.1) is 13.8 Å². The third-order valence-corrected chi connectivity index (χ3v) is 5.02. The van der Waals surface area contributed by atoms with Gasteiger partial charge in [0.2, 0.25) is 0 Å². The Kier molecular flexibility index (Phi) is 4.84. The number of benzene rings is 2. The van der Waals surface area contributed by atoms with Crippen molar-refractivity contribution in [3.63, 3.8) is 0 Å². The molecule has 29 heavy (non-hydrogen) atoms. The van der Waals surface area contributed by atoms with Crippen LogP contribution >= 0.6 is 0 Å². The summed E-state index contributed by atoms with van der Waals surface area (Å²) in [6.07, 6.45) is 1.53. The molecule has 148 valence electrons. The summed E-state index contributed by atoms with van der Waals surface area (Å²) >= 11 is 0. The van der Waals surface area contributed by atoms with Crippen LogP contribution in [-0.4, -0.2) is 29.1 Å². The molecule has 0 fully saturated rings. The molecule has 4 rings (SSSR count). The number of hydrogen-bond donors (Lipinski definition) is 2. The molecule has 1 amide bonds. The second-order valence-corrected chi connectivity index (χ2v) is 7.09. The first kappa shape index (κ1) is 18.8. The maximum Gasteiger partial charge on any atom is 0.411 e. The summed E-state index contributed by atoms with van der Waals surface area (Å²) in [4.78, 5) is 16.6. The number of methoxy groups -OCH3 is 1. The largest absolute Gasteiger partial charge is 0.453 e. The Morgan fingerprint density at radius 2 is 1.97 bits per heavy atom. The summed E-state index contributed by atoms with van der Waals surface area (Å²) in [6.45, 7) is 7.06. The van der Waals surface area contributed by atoms with Gasteiger partial charge in [0.05, 0.1) is 7.11 Å². The van der Waals surface area contributed by atoms with Crippen molar-refractivity contribution < 1.29 is 9.53 Å². The average molecular weight is 388 g/mol. The number of anilines is 2. The van der Waals surface area contributed by atoms with E-state index in [-0.39, 0.29) is 0 Å². The van der Waals surface area contributed by atoms with Gasteiger partial charge >= 0.3 is 6.09 Å². The number of carbonyl (C=O) groups excluding carboxylic acids is 1. The van der Waals surface area contributed by atoms with Gasteiger partial charge in [-0.15, -0.1) is 0 Å². The normalized spacial score (nSPS) is 11.0. The SMILES string of the molecule is CCNc1c(-c2ccc(C)cc2C)nc2c3cc(NC(=O)OC)ccc3ccn12. The van der Waals surface area contributed by atoms with E-state index in [4.69, 9.17) is 9.72 Å². The Bertz CT molecular complexity index is 1230. The van der Waals surface area contributed by atoms with E-state index in [1.807, 2.05) is 24.4 Å². The maximum atomic E-state index is 11.6. The van der Waals surface area contributed by atoms with E-state index in [2.05, 4.69) is 60.1 Å². The highest BCUT2D eigenvalue weighted by Crippen LogP contribution is 2.34. The zero-order chi connectivity index (χ0) is 20.5. The van der Waals surface area contributed by atoms with Gasteiger partial charge in [-0.3, -0.25) is 9.72 Å². The monoisotopic (exact) mass is 388 g/mol. The number of aromatic nitrogens is 2. The van der Waals surface area contributed by atoms with Crippen molar-refractivity contribution in [2.75, 3.05) is 24.3 Å². The summed E-state index contributed by atoms with van der Waals surface area (Å²) in [7, 11) is 1.35. The molecular weight excluding hydrogens is 364 g/mol. The Morgan fingerprint density at radius 1 is 1.14 bits per heavy atom. The molecule has 2 aromatic heterocycles. The quantitative estimate of drug-likeness (QED) is 0.492. The van der Waals surface area contributed by atoms with Gasteiger partial charge in [-0.1, -0.05) is 29.8 Å². The van der Waals surface area contributed by atoms with Gasteiger partial charge in [-0.05, 0) is 49.9 Å². The second-order valence-electron chi connectivity index (χ2n) is 7.09. The minimum Gasteiger partial charge on any atom is -0.453 e. The van der Waals surface area contributed by atoms with Crippen molar-refractivity contribution in [1.29, 1.82) is 0 Å². The number of hydrogen-bond acceptors (Lipinski definition) is 4. The van der Waals surface area contributed by atoms with Crippen LogP contribution in [0.1, 0.15) is 18.1 Å². The first-order valence-corrected chi connectivity index (χ1v) is 9.63. The number of pyridine rings is 1. The Balaban J connectivity index is 1.97. The van der Waals surface area contributed by atoms with E-state index in [1.54, 1.807) is 0 Å². The summed E-state index contributed by atoms with van der Waals surface area (Å²) < 4.78 is 6.78. The van der Waals surface area contributed by atoms with Crippen LogP contribution in [0.2, 0.25) is 0 Å². The molecule has 0 aliphatic heterocycles. The zero-order valence-electron chi connectivity index (χ0n) is 17.0. The van der Waals surface area contributed by atoms with E-state index in [9.17, 15) is 4.79 Å². The van der Waals surface area contributed by atoms with Gasteiger partial charge in [-0.2, -0.15) is 0 Å². The highest BCUT2D eigenvalue weighted by atomic mass is 16.5. The Labute approximate surface area is 169 Å². The van der Waals surface area contributed by atoms with E-state index >= 15 is 0 Å². The molecule has 0 radical (unpaired) electrons. The van der Waals surface area contributed by atoms with Gasteiger partial charge in [0.25, 0.3) is 0 Å². The van der Waals surface area contributed by atoms with Gasteiger partial charge in [0, 0.05) is 29.4 Å². The fraction of sp³-hybridized carbons (Fsp3) is 0.217. The van der Waals surface area contributed by atoms with Crippen molar-refractivity contribution in [3.8, 4) is 11.3 Å². The number of nitrogens with zero attached hydrogens (tertiary/aromatic N) is 2. The molecule has 4 aromatic rings. The van der Waals surface area contributed by atoms with Gasteiger partial charge in [0.1, 0.15) is 17.2 Å². The number of aryl methyl sites for hydroxylation is 2. The van der Waals surface area contributed by atoms with Crippen molar-refractivity contribution in [1.82, 2.24) is 9.38 Å². The smallest absolute Gasteiger partial charge is 0.411 e. The van der Waals surface area contributed by atoms with Gasteiger partial charge in [-0.25, -0.2) is 9.78 Å². The number of rotatable bonds is 4. The lowest BCUT2D eigenvalue weighted by molar-refractivity contribution is 0.187. The van der Waals surface area contributed by atoms with Crippen LogP contribution in [0.5, 0.6) is 0 Å². The number of amides is 1. The lowest BCUT2D eigenvalue weighted by Gasteiger charge is -2.10. The Hall–Kier alpha value is -3.54. The van der Waals surface area contributed by atoms with Crippen molar-refractivity contribution in [2.45, 2.75) is 20.8 Å². The summed E-state index contributed by atoms with van der Waals surface area (Å²) in [5.74, 6) is 0.961. The van der Waals surface area contributed by atoms with Crippen molar-refractivity contribution >= 4 is 34.0 Å². The topological polar surface area (TPSA) is 67.7 Å². The van der Waals surface area contributed by atoms with Crippen molar-refractivity contribution in [2.24, 2.45) is 0 Å². The molecule has 2 N–H and O–H groups in total. The molecule has 0 aliphatic rings. The van der Waals surface area contributed by atoms with Crippen LogP contribution in [0.3, 0.4) is 0 Å². The molecule has 0 saturated carbocycles. The first-order valence-electron chi connectivity index (χ1n) is 9.63. The number of imidazole rings is 1. The molecule has 0 aliphatic carbocycles. The summed E-state index contributed by atoms with van der Waals surface area (Å²) in [5.41, 5.74) is 5.93. The molecule has 6 nitrogen and oxygen atoms in total. The van der Waals surface area contributed by atoms with Crippen LogP contribution in [0.4, 0.5) is 16.3 Å². The van der Waals surface area contributed by atoms with Crippen LogP contribution < -0.4 is 10.6 Å². The van der Waals surface area contributed by atoms with E-state index in [0.717, 1.165) is 40.0 Å². The van der Waals surface area contributed by atoms with E-state index in [0.29, 0.717) is 5.69 Å². The fourth-order valence-electron chi connectivity index (χ4n) is 3.67. The third kappa shape index (κ3) is 3.38. The molecule has 0 saturated heterocycles. The summed E-state index contributed by atoms with van der Waals surface area (Å²) in [5, 5.41) is 8.20.